The number of aryl methyl sites for hydroxylation is 1. The third-order valence-electron chi connectivity index (χ3n) is 5.30. The van der Waals surface area contributed by atoms with Crippen LogP contribution >= 0.6 is 11.3 Å². The number of hydrogen-bond donors (Lipinski definition) is 3. The van der Waals surface area contributed by atoms with Gasteiger partial charge in [-0.05, 0) is 61.4 Å². The summed E-state index contributed by atoms with van der Waals surface area (Å²) in [5, 5.41) is 7.80. The van der Waals surface area contributed by atoms with Crippen LogP contribution in [0.1, 0.15) is 45.9 Å². The zero-order valence-electron chi connectivity index (χ0n) is 15.2. The highest BCUT2D eigenvalue weighted by Gasteiger charge is 2.43. The summed E-state index contributed by atoms with van der Waals surface area (Å²) in [4.78, 5) is 38.3. The standard InChI is InChI=1S/C20H21N3O3S/c1-11-6-7-15-12(8-11)9-16(27-15)17(24)21-14-5-3-4-13(10-14)20(2)18(25)22-19(26)23-20/h3-5,9-11H,6-8H2,1-2H3,(H,21,24)(H2,22,23,25,26)/t11-,20-/m0/s1. The number of carbonyl (C=O) groups excluding carboxylic acids is 3. The predicted molar refractivity (Wildman–Crippen MR) is 104 cm³/mol. The van der Waals surface area contributed by atoms with Crippen molar-refractivity contribution < 1.29 is 14.4 Å². The minimum absolute atomic E-state index is 0.149. The van der Waals surface area contributed by atoms with E-state index in [1.54, 1.807) is 42.5 Å². The highest BCUT2D eigenvalue weighted by atomic mass is 32.1. The fourth-order valence-electron chi connectivity index (χ4n) is 3.66. The van der Waals surface area contributed by atoms with Gasteiger partial charge in [0.05, 0.1) is 4.88 Å². The first-order valence-corrected chi connectivity index (χ1v) is 9.84. The van der Waals surface area contributed by atoms with Crippen LogP contribution in [0.5, 0.6) is 0 Å². The van der Waals surface area contributed by atoms with E-state index in [2.05, 4.69) is 22.9 Å². The SMILES string of the molecule is C[C@H]1CCc2sc(C(=O)Nc3cccc([C@]4(C)NC(=O)NC4=O)c3)cc2C1. The molecule has 6 nitrogen and oxygen atoms in total. The zero-order valence-corrected chi connectivity index (χ0v) is 16.0. The number of thiophene rings is 1. The van der Waals surface area contributed by atoms with E-state index in [1.165, 1.54) is 16.9 Å². The second-order valence-corrected chi connectivity index (χ2v) is 8.61. The van der Waals surface area contributed by atoms with Crippen molar-refractivity contribution in [2.45, 2.75) is 38.6 Å². The Morgan fingerprint density at radius 2 is 2.11 bits per heavy atom. The van der Waals surface area contributed by atoms with Gasteiger partial charge in [-0.15, -0.1) is 11.3 Å². The molecule has 2 atom stereocenters. The first-order chi connectivity index (χ1) is 12.8. The molecule has 4 amide bonds. The summed E-state index contributed by atoms with van der Waals surface area (Å²) < 4.78 is 0. The van der Waals surface area contributed by atoms with Gasteiger partial charge in [-0.1, -0.05) is 19.1 Å². The number of urea groups is 1. The van der Waals surface area contributed by atoms with E-state index < -0.39 is 17.5 Å². The fourth-order valence-corrected chi connectivity index (χ4v) is 4.77. The first kappa shape index (κ1) is 17.7. The average molecular weight is 383 g/mol. The Labute approximate surface area is 161 Å². The lowest BCUT2D eigenvalue weighted by atomic mass is 9.90. The molecule has 0 radical (unpaired) electrons. The Morgan fingerprint density at radius 1 is 1.30 bits per heavy atom. The quantitative estimate of drug-likeness (QED) is 0.712. The van der Waals surface area contributed by atoms with Gasteiger partial charge in [0.15, 0.2) is 0 Å². The number of hydrogen-bond acceptors (Lipinski definition) is 4. The largest absolute Gasteiger partial charge is 0.322 e. The van der Waals surface area contributed by atoms with E-state index in [9.17, 15) is 14.4 Å². The average Bonchev–Trinajstić information content (AvgIpc) is 3.15. The number of rotatable bonds is 3. The summed E-state index contributed by atoms with van der Waals surface area (Å²) in [6, 6.07) is 8.49. The molecule has 2 heterocycles. The summed E-state index contributed by atoms with van der Waals surface area (Å²) >= 11 is 1.56. The van der Waals surface area contributed by atoms with Crippen LogP contribution < -0.4 is 16.0 Å². The third-order valence-corrected chi connectivity index (χ3v) is 6.53. The van der Waals surface area contributed by atoms with Crippen LogP contribution in [-0.4, -0.2) is 17.8 Å². The molecular formula is C20H21N3O3S. The second-order valence-electron chi connectivity index (χ2n) is 7.48. The lowest BCUT2D eigenvalue weighted by Gasteiger charge is -2.21. The molecule has 0 saturated carbocycles. The van der Waals surface area contributed by atoms with Crippen LogP contribution in [0.2, 0.25) is 0 Å². The maximum absolute atomic E-state index is 12.7. The van der Waals surface area contributed by atoms with Crippen molar-refractivity contribution >= 4 is 34.9 Å². The fraction of sp³-hybridized carbons (Fsp3) is 0.350. The summed E-state index contributed by atoms with van der Waals surface area (Å²) in [5.74, 6) is 0.105. The summed E-state index contributed by atoms with van der Waals surface area (Å²) in [6.07, 6.45) is 3.24. The molecule has 27 heavy (non-hydrogen) atoms. The smallest absolute Gasteiger partial charge is 0.321 e. The molecule has 3 N–H and O–H groups in total. The van der Waals surface area contributed by atoms with Crippen molar-refractivity contribution in [3.63, 3.8) is 0 Å². The van der Waals surface area contributed by atoms with Gasteiger partial charge in [-0.3, -0.25) is 14.9 Å². The van der Waals surface area contributed by atoms with Crippen molar-refractivity contribution in [2.24, 2.45) is 5.92 Å². The van der Waals surface area contributed by atoms with Crippen molar-refractivity contribution in [1.82, 2.24) is 10.6 Å². The molecule has 1 aliphatic heterocycles. The van der Waals surface area contributed by atoms with Gasteiger partial charge < -0.3 is 10.6 Å². The lowest BCUT2D eigenvalue weighted by molar-refractivity contribution is -0.123. The van der Waals surface area contributed by atoms with Gasteiger partial charge in [0.2, 0.25) is 0 Å². The number of amides is 4. The Bertz CT molecular complexity index is 952. The van der Waals surface area contributed by atoms with Crippen LogP contribution in [0.25, 0.3) is 0 Å². The number of benzene rings is 1. The van der Waals surface area contributed by atoms with E-state index in [1.807, 2.05) is 6.07 Å². The number of anilines is 1. The molecule has 0 bridgehead atoms. The van der Waals surface area contributed by atoms with Crippen molar-refractivity contribution in [3.05, 3.63) is 51.2 Å². The molecule has 2 aromatic rings. The number of fused-ring (bicyclic) bond motifs is 1. The Balaban J connectivity index is 1.54. The van der Waals surface area contributed by atoms with Gasteiger partial charge in [-0.25, -0.2) is 4.79 Å². The van der Waals surface area contributed by atoms with Crippen molar-refractivity contribution in [3.8, 4) is 0 Å². The first-order valence-electron chi connectivity index (χ1n) is 9.02. The Kier molecular flexibility index (Phi) is 4.26. The highest BCUT2D eigenvalue weighted by molar-refractivity contribution is 7.14. The van der Waals surface area contributed by atoms with Crippen LogP contribution in [0, 0.1) is 5.92 Å². The molecule has 4 rings (SSSR count). The molecule has 0 spiro atoms. The number of imide groups is 1. The van der Waals surface area contributed by atoms with E-state index >= 15 is 0 Å². The zero-order chi connectivity index (χ0) is 19.2. The second kappa shape index (κ2) is 6.49. The number of nitrogens with one attached hydrogen (secondary N) is 3. The molecular weight excluding hydrogens is 362 g/mol. The van der Waals surface area contributed by atoms with Crippen molar-refractivity contribution in [2.75, 3.05) is 5.32 Å². The van der Waals surface area contributed by atoms with Gasteiger partial charge in [0, 0.05) is 10.6 Å². The maximum Gasteiger partial charge on any atom is 0.322 e. The molecule has 1 aliphatic carbocycles. The van der Waals surface area contributed by atoms with E-state index in [0.29, 0.717) is 22.0 Å². The van der Waals surface area contributed by atoms with Gasteiger partial charge in [0.25, 0.3) is 11.8 Å². The molecule has 2 aliphatic rings. The Hall–Kier alpha value is -2.67. The minimum Gasteiger partial charge on any atom is -0.321 e. The summed E-state index contributed by atoms with van der Waals surface area (Å²) in [6.45, 7) is 3.88. The Morgan fingerprint density at radius 3 is 2.85 bits per heavy atom. The van der Waals surface area contributed by atoms with E-state index in [4.69, 9.17) is 0 Å². The third kappa shape index (κ3) is 3.23. The van der Waals surface area contributed by atoms with Crippen molar-refractivity contribution in [1.29, 1.82) is 0 Å². The van der Waals surface area contributed by atoms with Gasteiger partial charge in [0.1, 0.15) is 5.54 Å². The van der Waals surface area contributed by atoms with Crippen LogP contribution in [0.3, 0.4) is 0 Å². The molecule has 1 saturated heterocycles. The monoisotopic (exact) mass is 383 g/mol. The topological polar surface area (TPSA) is 87.3 Å². The van der Waals surface area contributed by atoms with Crippen LogP contribution in [-0.2, 0) is 23.2 Å². The van der Waals surface area contributed by atoms with Gasteiger partial charge >= 0.3 is 6.03 Å². The van der Waals surface area contributed by atoms with E-state index in [0.717, 1.165) is 12.8 Å². The normalized spacial score (nSPS) is 24.1. The van der Waals surface area contributed by atoms with E-state index in [-0.39, 0.29) is 5.91 Å². The molecule has 7 heteroatoms. The minimum atomic E-state index is -1.14. The summed E-state index contributed by atoms with van der Waals surface area (Å²) in [7, 11) is 0. The molecule has 140 valence electrons. The van der Waals surface area contributed by atoms with Gasteiger partial charge in [-0.2, -0.15) is 0 Å². The molecule has 1 fully saturated rings. The molecule has 0 unspecified atom stereocenters. The maximum atomic E-state index is 12.7. The molecule has 1 aromatic heterocycles. The van der Waals surface area contributed by atoms with Crippen LogP contribution in [0.4, 0.5) is 10.5 Å². The predicted octanol–water partition coefficient (Wildman–Crippen LogP) is 3.18. The van der Waals surface area contributed by atoms with Crippen LogP contribution in [0.15, 0.2) is 30.3 Å². The number of carbonyl (C=O) groups is 3. The summed E-state index contributed by atoms with van der Waals surface area (Å²) in [5.41, 5.74) is 1.35. The lowest BCUT2D eigenvalue weighted by Crippen LogP contribution is -2.40. The highest BCUT2D eigenvalue weighted by Crippen LogP contribution is 2.33. The molecule has 1 aromatic carbocycles.